The van der Waals surface area contributed by atoms with Crippen molar-refractivity contribution in [2.45, 2.75) is 13.8 Å². The Morgan fingerprint density at radius 3 is 2.40 bits per heavy atom. The highest BCUT2D eigenvalue weighted by atomic mass is 79.9. The van der Waals surface area contributed by atoms with Crippen molar-refractivity contribution in [1.82, 2.24) is 5.32 Å². The van der Waals surface area contributed by atoms with Crippen LogP contribution in [0.3, 0.4) is 0 Å². The lowest BCUT2D eigenvalue weighted by atomic mass is 10.0. The molecule has 0 atom stereocenters. The lowest BCUT2D eigenvalue weighted by Gasteiger charge is -2.08. The Kier molecular flexibility index (Phi) is 6.47. The van der Waals surface area contributed by atoms with E-state index in [4.69, 9.17) is 4.74 Å². The van der Waals surface area contributed by atoms with Crippen LogP contribution in [0.4, 0.5) is 0 Å². The van der Waals surface area contributed by atoms with Crippen molar-refractivity contribution in [3.8, 4) is 0 Å². The number of carbonyl (C=O) groups is 3. The van der Waals surface area contributed by atoms with Crippen molar-refractivity contribution in [3.63, 3.8) is 0 Å². The van der Waals surface area contributed by atoms with Gasteiger partial charge in [0.05, 0.1) is 0 Å². The van der Waals surface area contributed by atoms with E-state index >= 15 is 0 Å². The van der Waals surface area contributed by atoms with Gasteiger partial charge in [0.2, 0.25) is 5.78 Å². The van der Waals surface area contributed by atoms with Crippen LogP contribution in [0.1, 0.15) is 31.8 Å². The summed E-state index contributed by atoms with van der Waals surface area (Å²) < 4.78 is 5.80. The van der Waals surface area contributed by atoms with Crippen LogP contribution in [0.15, 0.2) is 46.9 Å². The number of ketones is 1. The van der Waals surface area contributed by atoms with Crippen LogP contribution in [0.2, 0.25) is 0 Å². The average molecular weight is 404 g/mol. The van der Waals surface area contributed by atoms with Gasteiger partial charge in [-0.2, -0.15) is 0 Å². The minimum absolute atomic E-state index is 0.270. The Labute approximate surface area is 154 Å². The molecule has 0 radical (unpaired) electrons. The van der Waals surface area contributed by atoms with Gasteiger partial charge in [-0.1, -0.05) is 33.6 Å². The van der Waals surface area contributed by atoms with E-state index in [-0.39, 0.29) is 24.8 Å². The van der Waals surface area contributed by atoms with Gasteiger partial charge in [-0.3, -0.25) is 14.4 Å². The summed E-state index contributed by atoms with van der Waals surface area (Å²) in [6, 6.07) is 12.3. The summed E-state index contributed by atoms with van der Waals surface area (Å²) in [7, 11) is 0. The molecule has 25 heavy (non-hydrogen) atoms. The number of nitrogens with one attached hydrogen (secondary N) is 1. The van der Waals surface area contributed by atoms with Gasteiger partial charge in [-0.25, -0.2) is 0 Å². The fourth-order valence-corrected chi connectivity index (χ4v) is 2.43. The molecule has 2 rings (SSSR count). The van der Waals surface area contributed by atoms with Gasteiger partial charge in [-0.05, 0) is 49.7 Å². The summed E-state index contributed by atoms with van der Waals surface area (Å²) in [5.41, 5.74) is 2.76. The van der Waals surface area contributed by atoms with Crippen LogP contribution in [-0.2, 0) is 9.53 Å². The first-order chi connectivity index (χ1) is 11.9. The summed E-state index contributed by atoms with van der Waals surface area (Å²) >= 11 is 3.28. The minimum atomic E-state index is -0.663. The first-order valence-electron chi connectivity index (χ1n) is 7.66. The zero-order valence-corrected chi connectivity index (χ0v) is 15.6. The predicted molar refractivity (Wildman–Crippen MR) is 97.7 cm³/mol. The molecule has 130 valence electrons. The topological polar surface area (TPSA) is 72.5 Å². The molecule has 0 saturated carbocycles. The van der Waals surface area contributed by atoms with E-state index in [2.05, 4.69) is 21.2 Å². The van der Waals surface area contributed by atoms with Crippen molar-refractivity contribution in [3.05, 3.63) is 69.2 Å². The average Bonchev–Trinajstić information content (AvgIpc) is 2.60. The molecule has 0 fully saturated rings. The van der Waals surface area contributed by atoms with E-state index in [0.717, 1.165) is 15.6 Å². The zero-order chi connectivity index (χ0) is 18.4. The maximum Gasteiger partial charge on any atom is 0.325 e. The molecule has 2 aromatic rings. The quantitative estimate of drug-likeness (QED) is 0.593. The van der Waals surface area contributed by atoms with Crippen LogP contribution in [0, 0.1) is 13.8 Å². The number of hydrogen-bond donors (Lipinski definition) is 1. The molecule has 0 spiro atoms. The fraction of sp³-hybridized carbons (Fsp3) is 0.211. The lowest BCUT2D eigenvalue weighted by molar-refractivity contribution is -0.141. The van der Waals surface area contributed by atoms with Crippen LogP contribution < -0.4 is 5.32 Å². The van der Waals surface area contributed by atoms with E-state index in [0.29, 0.717) is 11.1 Å². The van der Waals surface area contributed by atoms with E-state index in [1.807, 2.05) is 26.0 Å². The summed E-state index contributed by atoms with van der Waals surface area (Å²) in [5.74, 6) is -1.32. The molecular formula is C19H18BrNO4. The summed E-state index contributed by atoms with van der Waals surface area (Å²) in [5, 5.41) is 2.46. The van der Waals surface area contributed by atoms with Gasteiger partial charge >= 0.3 is 5.97 Å². The standard InChI is InChI=1S/C19H18BrNO4/c1-12-3-4-13(2)16(9-12)17(22)11-25-18(23)10-21-19(24)14-5-7-15(20)8-6-14/h3-9H,10-11H2,1-2H3,(H,21,24). The maximum atomic E-state index is 12.1. The van der Waals surface area contributed by atoms with Crippen molar-refractivity contribution in [1.29, 1.82) is 0 Å². The monoisotopic (exact) mass is 403 g/mol. The first-order valence-corrected chi connectivity index (χ1v) is 8.46. The Bertz CT molecular complexity index is 800. The molecule has 0 aromatic heterocycles. The van der Waals surface area contributed by atoms with Crippen LogP contribution in [0.25, 0.3) is 0 Å². The van der Waals surface area contributed by atoms with Crippen LogP contribution in [-0.4, -0.2) is 30.8 Å². The highest BCUT2D eigenvalue weighted by molar-refractivity contribution is 9.10. The normalized spacial score (nSPS) is 10.2. The Balaban J connectivity index is 1.82. The summed E-state index contributed by atoms with van der Waals surface area (Å²) in [6.07, 6.45) is 0. The molecule has 5 nitrogen and oxygen atoms in total. The lowest BCUT2D eigenvalue weighted by Crippen LogP contribution is -2.31. The number of rotatable bonds is 6. The Morgan fingerprint density at radius 1 is 1.04 bits per heavy atom. The number of aryl methyl sites for hydroxylation is 2. The van der Waals surface area contributed by atoms with E-state index in [1.165, 1.54) is 0 Å². The predicted octanol–water partition coefficient (Wildman–Crippen LogP) is 3.22. The SMILES string of the molecule is Cc1ccc(C)c(C(=O)COC(=O)CNC(=O)c2ccc(Br)cc2)c1. The van der Waals surface area contributed by atoms with Gasteiger partial charge in [0.15, 0.2) is 6.61 Å². The third kappa shape index (κ3) is 5.53. The van der Waals surface area contributed by atoms with Crippen LogP contribution in [0.5, 0.6) is 0 Å². The molecule has 2 aromatic carbocycles. The first kappa shape index (κ1) is 18.9. The Hall–Kier alpha value is -2.47. The van der Waals surface area contributed by atoms with E-state index < -0.39 is 5.97 Å². The van der Waals surface area contributed by atoms with E-state index in [1.54, 1.807) is 30.3 Å². The molecule has 0 bridgehead atoms. The van der Waals surface area contributed by atoms with Gasteiger partial charge in [0, 0.05) is 15.6 Å². The number of halogens is 1. The molecule has 0 unspecified atom stereocenters. The number of esters is 1. The highest BCUT2D eigenvalue weighted by Gasteiger charge is 2.13. The van der Waals surface area contributed by atoms with E-state index in [9.17, 15) is 14.4 Å². The zero-order valence-electron chi connectivity index (χ0n) is 14.0. The summed E-state index contributed by atoms with van der Waals surface area (Å²) in [6.45, 7) is 3.07. The van der Waals surface area contributed by atoms with Crippen LogP contribution >= 0.6 is 15.9 Å². The number of Topliss-reactive ketones (excluding diaryl/α,β-unsaturated/α-hetero) is 1. The Morgan fingerprint density at radius 2 is 1.72 bits per heavy atom. The largest absolute Gasteiger partial charge is 0.456 e. The molecule has 0 aliphatic rings. The second-order valence-corrected chi connectivity index (χ2v) is 6.51. The van der Waals surface area contributed by atoms with Crippen molar-refractivity contribution >= 4 is 33.6 Å². The number of hydrogen-bond acceptors (Lipinski definition) is 4. The van der Waals surface area contributed by atoms with Crippen molar-refractivity contribution in [2.24, 2.45) is 0 Å². The molecule has 1 N–H and O–H groups in total. The number of carbonyl (C=O) groups excluding carboxylic acids is 3. The summed E-state index contributed by atoms with van der Waals surface area (Å²) in [4.78, 5) is 35.8. The number of ether oxygens (including phenoxy) is 1. The van der Waals surface area contributed by atoms with Crippen molar-refractivity contribution < 1.29 is 19.1 Å². The molecule has 0 aliphatic heterocycles. The number of amides is 1. The minimum Gasteiger partial charge on any atom is -0.456 e. The second kappa shape index (κ2) is 8.58. The van der Waals surface area contributed by atoms with Gasteiger partial charge in [0.1, 0.15) is 6.54 Å². The van der Waals surface area contributed by atoms with Gasteiger partial charge in [-0.15, -0.1) is 0 Å². The molecular weight excluding hydrogens is 386 g/mol. The molecule has 6 heteroatoms. The maximum absolute atomic E-state index is 12.1. The third-order valence-corrected chi connectivity index (χ3v) is 4.09. The third-order valence-electron chi connectivity index (χ3n) is 3.56. The van der Waals surface area contributed by atoms with Gasteiger partial charge < -0.3 is 10.1 Å². The van der Waals surface area contributed by atoms with Gasteiger partial charge in [0.25, 0.3) is 5.91 Å². The number of benzene rings is 2. The fourth-order valence-electron chi connectivity index (χ4n) is 2.17. The smallest absolute Gasteiger partial charge is 0.325 e. The second-order valence-electron chi connectivity index (χ2n) is 5.59. The molecule has 0 aliphatic carbocycles. The molecule has 0 saturated heterocycles. The highest BCUT2D eigenvalue weighted by Crippen LogP contribution is 2.12. The molecule has 1 amide bonds. The molecule has 0 heterocycles. The van der Waals surface area contributed by atoms with Crippen molar-refractivity contribution in [2.75, 3.05) is 13.2 Å².